The molecule has 0 bridgehead atoms. The Hall–Kier alpha value is -2.54. The SMILES string of the molecule is O=C(Cn1nnc2sc(-c3ccccc3)cc2c1=O)NC1CCCCC1. The van der Waals surface area contributed by atoms with Crippen molar-refractivity contribution in [1.29, 1.82) is 0 Å². The van der Waals surface area contributed by atoms with Gasteiger partial charge in [-0.3, -0.25) is 9.59 Å². The Morgan fingerprint density at radius 3 is 2.73 bits per heavy atom. The van der Waals surface area contributed by atoms with Crippen LogP contribution in [0.1, 0.15) is 32.1 Å². The largest absolute Gasteiger partial charge is 0.352 e. The smallest absolute Gasteiger partial charge is 0.279 e. The van der Waals surface area contributed by atoms with Gasteiger partial charge < -0.3 is 5.32 Å². The van der Waals surface area contributed by atoms with Gasteiger partial charge >= 0.3 is 0 Å². The third kappa shape index (κ3) is 3.53. The van der Waals surface area contributed by atoms with Crippen molar-refractivity contribution >= 4 is 27.5 Å². The molecule has 0 unspecified atom stereocenters. The molecule has 1 aliphatic carbocycles. The molecular formula is C19H20N4O2S. The van der Waals surface area contributed by atoms with E-state index in [9.17, 15) is 9.59 Å². The van der Waals surface area contributed by atoms with Crippen LogP contribution in [0.2, 0.25) is 0 Å². The molecule has 1 N–H and O–H groups in total. The summed E-state index contributed by atoms with van der Waals surface area (Å²) >= 11 is 1.43. The van der Waals surface area contributed by atoms with Gasteiger partial charge in [-0.2, -0.15) is 0 Å². The van der Waals surface area contributed by atoms with Crippen LogP contribution in [0.15, 0.2) is 41.2 Å². The summed E-state index contributed by atoms with van der Waals surface area (Å²) < 4.78 is 1.15. The molecule has 1 amide bonds. The summed E-state index contributed by atoms with van der Waals surface area (Å²) in [5.41, 5.74) is 0.767. The topological polar surface area (TPSA) is 76.9 Å². The maximum atomic E-state index is 12.7. The highest BCUT2D eigenvalue weighted by atomic mass is 32.1. The van der Waals surface area contributed by atoms with Gasteiger partial charge in [0, 0.05) is 10.9 Å². The number of nitrogens with zero attached hydrogens (tertiary/aromatic N) is 3. The molecule has 0 aliphatic heterocycles. The highest BCUT2D eigenvalue weighted by Crippen LogP contribution is 2.30. The van der Waals surface area contributed by atoms with E-state index in [-0.39, 0.29) is 24.1 Å². The van der Waals surface area contributed by atoms with Crippen LogP contribution < -0.4 is 10.9 Å². The van der Waals surface area contributed by atoms with Crippen LogP contribution in [0.3, 0.4) is 0 Å². The van der Waals surface area contributed by atoms with Gasteiger partial charge in [0.2, 0.25) is 5.91 Å². The number of hydrogen-bond acceptors (Lipinski definition) is 5. The molecule has 2 heterocycles. The van der Waals surface area contributed by atoms with Crippen molar-refractivity contribution in [3.63, 3.8) is 0 Å². The second-order valence-electron chi connectivity index (χ2n) is 6.65. The molecule has 134 valence electrons. The van der Waals surface area contributed by atoms with Gasteiger partial charge in [-0.25, -0.2) is 4.68 Å². The Bertz CT molecular complexity index is 974. The third-order valence-corrected chi connectivity index (χ3v) is 5.81. The minimum atomic E-state index is -0.271. The number of nitrogens with one attached hydrogen (secondary N) is 1. The van der Waals surface area contributed by atoms with Crippen molar-refractivity contribution in [3.8, 4) is 10.4 Å². The molecule has 2 aromatic heterocycles. The van der Waals surface area contributed by atoms with Crippen LogP contribution in [0, 0.1) is 0 Å². The fraction of sp³-hybridized carbons (Fsp3) is 0.368. The molecule has 1 saturated carbocycles. The van der Waals surface area contributed by atoms with Gasteiger partial charge in [0.25, 0.3) is 5.56 Å². The number of benzene rings is 1. The average Bonchev–Trinajstić information content (AvgIpc) is 3.11. The number of aromatic nitrogens is 3. The zero-order valence-electron chi connectivity index (χ0n) is 14.4. The molecule has 0 spiro atoms. The summed E-state index contributed by atoms with van der Waals surface area (Å²) in [5, 5.41) is 11.6. The van der Waals surface area contributed by atoms with Crippen LogP contribution in [0.4, 0.5) is 0 Å². The average molecular weight is 368 g/mol. The van der Waals surface area contributed by atoms with E-state index in [1.807, 2.05) is 36.4 Å². The predicted octanol–water partition coefficient (Wildman–Crippen LogP) is 2.97. The summed E-state index contributed by atoms with van der Waals surface area (Å²) in [7, 11) is 0. The minimum Gasteiger partial charge on any atom is -0.352 e. The van der Waals surface area contributed by atoms with E-state index < -0.39 is 0 Å². The number of hydrogen-bond donors (Lipinski definition) is 1. The normalized spacial score (nSPS) is 15.2. The number of carbonyl (C=O) groups is 1. The molecule has 26 heavy (non-hydrogen) atoms. The van der Waals surface area contributed by atoms with Gasteiger partial charge in [-0.1, -0.05) is 54.8 Å². The van der Waals surface area contributed by atoms with E-state index in [0.29, 0.717) is 10.2 Å². The standard InChI is InChI=1S/C19H20N4O2S/c24-17(20-14-9-5-2-6-10-14)12-23-19(25)15-11-16(26-18(15)21-22-23)13-7-3-1-4-8-13/h1,3-4,7-8,11,14H,2,5-6,9-10,12H2,(H,20,24). The van der Waals surface area contributed by atoms with Gasteiger partial charge in [0.15, 0.2) is 4.83 Å². The van der Waals surface area contributed by atoms with Gasteiger partial charge in [-0.05, 0) is 24.5 Å². The molecule has 6 nitrogen and oxygen atoms in total. The van der Waals surface area contributed by atoms with E-state index in [1.165, 1.54) is 17.8 Å². The lowest BCUT2D eigenvalue weighted by Crippen LogP contribution is -2.40. The molecule has 1 aromatic carbocycles. The Balaban J connectivity index is 1.55. The van der Waals surface area contributed by atoms with Crippen LogP contribution in [0.25, 0.3) is 20.7 Å². The number of thiophene rings is 1. The van der Waals surface area contributed by atoms with Crippen molar-refractivity contribution in [3.05, 3.63) is 46.8 Å². The molecular weight excluding hydrogens is 348 g/mol. The minimum absolute atomic E-state index is 0.0885. The number of fused-ring (bicyclic) bond motifs is 1. The Morgan fingerprint density at radius 1 is 1.19 bits per heavy atom. The first-order chi connectivity index (χ1) is 12.7. The predicted molar refractivity (Wildman–Crippen MR) is 102 cm³/mol. The first kappa shape index (κ1) is 16.9. The quantitative estimate of drug-likeness (QED) is 0.768. The fourth-order valence-electron chi connectivity index (χ4n) is 3.39. The van der Waals surface area contributed by atoms with E-state index in [4.69, 9.17) is 0 Å². The van der Waals surface area contributed by atoms with Crippen molar-refractivity contribution < 1.29 is 4.79 Å². The van der Waals surface area contributed by atoms with Gasteiger partial charge in [0.05, 0.1) is 5.39 Å². The molecule has 3 aromatic rings. The van der Waals surface area contributed by atoms with Gasteiger partial charge in [0.1, 0.15) is 6.54 Å². The first-order valence-corrected chi connectivity index (χ1v) is 9.74. The van der Waals surface area contributed by atoms with E-state index in [1.54, 1.807) is 0 Å². The molecule has 0 saturated heterocycles. The molecule has 1 fully saturated rings. The maximum absolute atomic E-state index is 12.7. The monoisotopic (exact) mass is 368 g/mol. The highest BCUT2D eigenvalue weighted by Gasteiger charge is 2.17. The molecule has 4 rings (SSSR count). The number of carbonyl (C=O) groups excluding carboxylic acids is 1. The second kappa shape index (κ2) is 7.37. The third-order valence-electron chi connectivity index (χ3n) is 4.74. The van der Waals surface area contributed by atoms with Crippen molar-refractivity contribution in [1.82, 2.24) is 20.3 Å². The Labute approximate surface area is 154 Å². The van der Waals surface area contributed by atoms with Gasteiger partial charge in [-0.15, -0.1) is 16.4 Å². The van der Waals surface area contributed by atoms with Crippen LogP contribution in [-0.4, -0.2) is 26.9 Å². The molecule has 7 heteroatoms. The van der Waals surface area contributed by atoms with E-state index in [2.05, 4.69) is 15.6 Å². The number of rotatable bonds is 4. The van der Waals surface area contributed by atoms with Crippen molar-refractivity contribution in [2.24, 2.45) is 0 Å². The van der Waals surface area contributed by atoms with E-state index in [0.717, 1.165) is 40.8 Å². The summed E-state index contributed by atoms with van der Waals surface area (Å²) in [6.07, 6.45) is 5.55. The second-order valence-corrected chi connectivity index (χ2v) is 7.68. The first-order valence-electron chi connectivity index (χ1n) is 8.93. The Kier molecular flexibility index (Phi) is 4.79. The van der Waals surface area contributed by atoms with Crippen LogP contribution in [-0.2, 0) is 11.3 Å². The lowest BCUT2D eigenvalue weighted by molar-refractivity contribution is -0.122. The highest BCUT2D eigenvalue weighted by molar-refractivity contribution is 7.21. The lowest BCUT2D eigenvalue weighted by Gasteiger charge is -2.22. The number of amides is 1. The summed E-state index contributed by atoms with van der Waals surface area (Å²) in [5.74, 6) is -0.175. The Morgan fingerprint density at radius 2 is 1.96 bits per heavy atom. The molecule has 0 radical (unpaired) electrons. The van der Waals surface area contributed by atoms with Crippen LogP contribution >= 0.6 is 11.3 Å². The fourth-order valence-corrected chi connectivity index (χ4v) is 4.36. The molecule has 1 aliphatic rings. The van der Waals surface area contributed by atoms with E-state index >= 15 is 0 Å². The zero-order chi connectivity index (χ0) is 17.9. The maximum Gasteiger partial charge on any atom is 0.279 e. The summed E-state index contributed by atoms with van der Waals surface area (Å²) in [6.45, 7) is -0.0885. The summed E-state index contributed by atoms with van der Waals surface area (Å²) in [6, 6.07) is 11.9. The van der Waals surface area contributed by atoms with Crippen LogP contribution in [0.5, 0.6) is 0 Å². The van der Waals surface area contributed by atoms with Crippen molar-refractivity contribution in [2.75, 3.05) is 0 Å². The lowest BCUT2D eigenvalue weighted by atomic mass is 9.95. The van der Waals surface area contributed by atoms with Crippen molar-refractivity contribution in [2.45, 2.75) is 44.7 Å². The zero-order valence-corrected chi connectivity index (χ0v) is 15.2. The summed E-state index contributed by atoms with van der Waals surface area (Å²) in [4.78, 5) is 26.5. The molecule has 0 atom stereocenters.